The summed E-state index contributed by atoms with van der Waals surface area (Å²) in [5.41, 5.74) is 13.3. The van der Waals surface area contributed by atoms with Gasteiger partial charge in [0.05, 0.1) is 22.1 Å². The van der Waals surface area contributed by atoms with Crippen molar-refractivity contribution in [2.75, 3.05) is 0 Å². The number of hydrogen-bond donors (Lipinski definition) is 0. The van der Waals surface area contributed by atoms with Gasteiger partial charge in [0.2, 0.25) is 0 Å². The molecule has 0 aliphatic rings. The van der Waals surface area contributed by atoms with Crippen LogP contribution in [0.3, 0.4) is 0 Å². The number of rotatable bonds is 4. The van der Waals surface area contributed by atoms with Gasteiger partial charge in [0.1, 0.15) is 0 Å². The molecule has 266 valence electrons. The Labute approximate surface area is 335 Å². The van der Waals surface area contributed by atoms with Crippen LogP contribution in [0.15, 0.2) is 195 Å². The van der Waals surface area contributed by atoms with Gasteiger partial charge in [-0.3, -0.25) is 19.9 Å². The molecular formula is C48H32Cl2N4Rh+. The minimum atomic E-state index is -0.226. The average molecular weight is 839 g/mol. The summed E-state index contributed by atoms with van der Waals surface area (Å²) >= 11 is -0.226. The fourth-order valence-electron chi connectivity index (χ4n) is 7.13. The molecule has 0 saturated carbocycles. The van der Waals surface area contributed by atoms with Crippen molar-refractivity contribution < 1.29 is 15.1 Å². The molecule has 0 N–H and O–H groups in total. The van der Waals surface area contributed by atoms with E-state index in [9.17, 15) is 0 Å². The number of pyridine rings is 4. The topological polar surface area (TPSA) is 51.6 Å². The van der Waals surface area contributed by atoms with Crippen LogP contribution in [0.1, 0.15) is 0 Å². The van der Waals surface area contributed by atoms with Crippen molar-refractivity contribution in [2.24, 2.45) is 0 Å². The third kappa shape index (κ3) is 7.61. The molecule has 0 spiro atoms. The molecule has 0 unspecified atom stereocenters. The molecule has 0 saturated heterocycles. The van der Waals surface area contributed by atoms with Crippen molar-refractivity contribution in [3.8, 4) is 44.5 Å². The van der Waals surface area contributed by atoms with Gasteiger partial charge in [-0.25, -0.2) is 0 Å². The molecule has 4 nitrogen and oxygen atoms in total. The Morgan fingerprint density at radius 2 is 0.473 bits per heavy atom. The molecule has 0 aliphatic carbocycles. The predicted molar refractivity (Wildman–Crippen MR) is 228 cm³/mol. The maximum atomic E-state index is 4.83. The Morgan fingerprint density at radius 1 is 0.273 bits per heavy atom. The SMILES string of the molecule is [Cl][Rh+][Cl].c1ccc(-c2ccnc3c2ccc2c(-c4ccccc4)ccnc23)cc1.c1ccc(-c2ccnc3c2ccc2c(-c4ccccc4)ccnc23)cc1. The molecule has 0 bridgehead atoms. The molecule has 10 rings (SSSR count). The number of halogens is 2. The number of benzene rings is 6. The first-order chi connectivity index (χ1) is 27.2. The van der Waals surface area contributed by atoms with Crippen LogP contribution in [0.4, 0.5) is 0 Å². The van der Waals surface area contributed by atoms with E-state index in [1.807, 2.05) is 49.1 Å². The van der Waals surface area contributed by atoms with Crippen LogP contribution in [-0.2, 0) is 15.1 Å². The maximum absolute atomic E-state index is 4.83. The van der Waals surface area contributed by atoms with Gasteiger partial charge in [0.25, 0.3) is 0 Å². The largest absolute Gasteiger partial charge is 0.254 e. The summed E-state index contributed by atoms with van der Waals surface area (Å²) in [4.78, 5) is 18.7. The van der Waals surface area contributed by atoms with Crippen molar-refractivity contribution in [3.05, 3.63) is 195 Å². The second-order valence-corrected chi connectivity index (χ2v) is 15.1. The Hall–Kier alpha value is -5.84. The summed E-state index contributed by atoms with van der Waals surface area (Å²) < 4.78 is 0. The standard InChI is InChI=1S/2C24H16N2.2ClH.Rh/c2*1-3-7-17(8-4-1)19-13-15-25-23-21(19)11-12-22-20(14-16-26-24(22)23)18-9-5-2-6-10-18;;;/h2*1-16H;2*1H;/q;;;;+3/p-2. The first-order valence-electron chi connectivity index (χ1n) is 17.6. The van der Waals surface area contributed by atoms with Crippen molar-refractivity contribution >= 4 is 63.0 Å². The van der Waals surface area contributed by atoms with Gasteiger partial charge in [0, 0.05) is 46.3 Å². The van der Waals surface area contributed by atoms with E-state index in [-0.39, 0.29) is 15.1 Å². The van der Waals surface area contributed by atoms with E-state index in [2.05, 4.69) is 166 Å². The summed E-state index contributed by atoms with van der Waals surface area (Å²) in [5, 5.41) is 4.51. The van der Waals surface area contributed by atoms with Gasteiger partial charge in [-0.15, -0.1) is 0 Å². The Balaban J connectivity index is 0.000000145. The van der Waals surface area contributed by atoms with Crippen LogP contribution >= 0.6 is 19.4 Å². The van der Waals surface area contributed by atoms with Crippen LogP contribution in [0.2, 0.25) is 0 Å². The van der Waals surface area contributed by atoms with Crippen molar-refractivity contribution in [1.29, 1.82) is 0 Å². The average Bonchev–Trinajstić information content (AvgIpc) is 3.27. The van der Waals surface area contributed by atoms with E-state index in [1.54, 1.807) is 0 Å². The molecule has 0 atom stereocenters. The minimum Gasteiger partial charge on any atom is -0.254 e. The Morgan fingerprint density at radius 3 is 0.673 bits per heavy atom. The summed E-state index contributed by atoms with van der Waals surface area (Å²) in [6, 6.07) is 58.7. The molecule has 0 amide bonds. The van der Waals surface area contributed by atoms with E-state index in [1.165, 1.54) is 44.5 Å². The first-order valence-corrected chi connectivity index (χ1v) is 21.9. The minimum absolute atomic E-state index is 0.226. The zero-order valence-corrected chi connectivity index (χ0v) is 32.5. The van der Waals surface area contributed by atoms with E-state index in [4.69, 9.17) is 19.4 Å². The summed E-state index contributed by atoms with van der Waals surface area (Å²) in [6.45, 7) is 0. The Kier molecular flexibility index (Phi) is 11.2. The number of fused-ring (bicyclic) bond motifs is 6. The van der Waals surface area contributed by atoms with Crippen LogP contribution in [0.25, 0.3) is 88.1 Å². The smallest absolute Gasteiger partial charge is 0.0970 e. The van der Waals surface area contributed by atoms with Crippen molar-refractivity contribution in [1.82, 2.24) is 19.9 Å². The first kappa shape index (κ1) is 36.2. The number of aromatic nitrogens is 4. The van der Waals surface area contributed by atoms with Gasteiger partial charge >= 0.3 is 34.5 Å². The molecule has 10 aromatic rings. The van der Waals surface area contributed by atoms with E-state index in [0.29, 0.717) is 0 Å². The van der Waals surface area contributed by atoms with Crippen LogP contribution < -0.4 is 0 Å². The maximum Gasteiger partial charge on any atom is 0.0970 e. The number of nitrogens with zero attached hydrogens (tertiary/aromatic N) is 4. The molecule has 7 heteroatoms. The summed E-state index contributed by atoms with van der Waals surface area (Å²) in [6.07, 6.45) is 7.50. The van der Waals surface area contributed by atoms with Crippen LogP contribution in [0, 0.1) is 0 Å². The van der Waals surface area contributed by atoms with Gasteiger partial charge in [-0.1, -0.05) is 146 Å². The van der Waals surface area contributed by atoms with Crippen LogP contribution in [-0.4, -0.2) is 19.9 Å². The third-order valence-corrected chi connectivity index (χ3v) is 9.58. The van der Waals surface area contributed by atoms with Crippen LogP contribution in [0.5, 0.6) is 0 Å². The molecule has 0 radical (unpaired) electrons. The normalized spacial score (nSPS) is 10.9. The third-order valence-electron chi connectivity index (χ3n) is 9.58. The summed E-state index contributed by atoms with van der Waals surface area (Å²) in [7, 11) is 9.67. The monoisotopic (exact) mass is 837 g/mol. The zero-order chi connectivity index (χ0) is 37.4. The molecule has 0 aliphatic heterocycles. The zero-order valence-electron chi connectivity index (χ0n) is 29.4. The molecule has 4 aromatic heterocycles. The molecule has 55 heavy (non-hydrogen) atoms. The fourth-order valence-corrected chi connectivity index (χ4v) is 7.13. The molecular weight excluding hydrogens is 806 g/mol. The van der Waals surface area contributed by atoms with Gasteiger partial charge < -0.3 is 0 Å². The summed E-state index contributed by atoms with van der Waals surface area (Å²) in [5.74, 6) is 0. The van der Waals surface area contributed by atoms with Gasteiger partial charge in [-0.05, 0) is 68.8 Å². The molecule has 0 fully saturated rings. The van der Waals surface area contributed by atoms with E-state index < -0.39 is 0 Å². The van der Waals surface area contributed by atoms with Crippen molar-refractivity contribution in [2.45, 2.75) is 0 Å². The van der Waals surface area contributed by atoms with Gasteiger partial charge in [0.15, 0.2) is 0 Å². The second kappa shape index (κ2) is 17.1. The van der Waals surface area contributed by atoms with E-state index >= 15 is 0 Å². The molecule has 4 heterocycles. The van der Waals surface area contributed by atoms with E-state index in [0.717, 1.165) is 43.6 Å². The predicted octanol–water partition coefficient (Wildman–Crippen LogP) is 13.6. The van der Waals surface area contributed by atoms with Crippen molar-refractivity contribution in [3.63, 3.8) is 0 Å². The number of hydrogen-bond acceptors (Lipinski definition) is 4. The molecule has 6 aromatic carbocycles. The quantitative estimate of drug-likeness (QED) is 0.131. The second-order valence-electron chi connectivity index (χ2n) is 12.7. The van der Waals surface area contributed by atoms with Gasteiger partial charge in [-0.2, -0.15) is 0 Å². The fraction of sp³-hybridized carbons (Fsp3) is 0. The Bertz CT molecular complexity index is 2460.